The van der Waals surface area contributed by atoms with Crippen LogP contribution in [0.3, 0.4) is 0 Å². The highest BCUT2D eigenvalue weighted by molar-refractivity contribution is 5.37. The number of rotatable bonds is 8. The van der Waals surface area contributed by atoms with Gasteiger partial charge < -0.3 is 14.6 Å². The van der Waals surface area contributed by atoms with E-state index in [4.69, 9.17) is 9.47 Å². The van der Waals surface area contributed by atoms with Crippen LogP contribution in [0.4, 0.5) is 0 Å². The zero-order chi connectivity index (χ0) is 15.1. The summed E-state index contributed by atoms with van der Waals surface area (Å²) >= 11 is 0. The Hall–Kier alpha value is -1.10. The van der Waals surface area contributed by atoms with Crippen molar-refractivity contribution in [3.8, 4) is 5.75 Å². The van der Waals surface area contributed by atoms with Crippen LogP contribution in [0.5, 0.6) is 5.75 Å². The summed E-state index contributed by atoms with van der Waals surface area (Å²) in [6.07, 6.45) is 0. The van der Waals surface area contributed by atoms with Crippen molar-refractivity contribution in [2.45, 2.75) is 32.9 Å². The van der Waals surface area contributed by atoms with Crippen LogP contribution >= 0.6 is 0 Å². The van der Waals surface area contributed by atoms with Gasteiger partial charge in [-0.05, 0) is 26.8 Å². The first-order valence-corrected chi connectivity index (χ1v) is 7.04. The molecule has 1 aromatic carbocycles. The van der Waals surface area contributed by atoms with E-state index in [1.165, 1.54) is 0 Å². The van der Waals surface area contributed by atoms with E-state index >= 15 is 0 Å². The van der Waals surface area contributed by atoms with Gasteiger partial charge in [0.05, 0.1) is 13.2 Å². The second-order valence-electron chi connectivity index (χ2n) is 5.27. The molecule has 20 heavy (non-hydrogen) atoms. The summed E-state index contributed by atoms with van der Waals surface area (Å²) in [5.74, 6) is 0.343. The second-order valence-corrected chi connectivity index (χ2v) is 5.27. The molecule has 0 aromatic heterocycles. The minimum atomic E-state index is 0.107. The molecule has 0 radical (unpaired) electrons. The van der Waals surface area contributed by atoms with Crippen LogP contribution in [-0.4, -0.2) is 50.0 Å². The van der Waals surface area contributed by atoms with Gasteiger partial charge in [0.1, 0.15) is 5.75 Å². The summed E-state index contributed by atoms with van der Waals surface area (Å²) in [5.41, 5.74) is 2.10. The SMILES string of the molecule is COCCN(C(C)COC)C(C)c1cc(C)ccc1O. The number of benzene rings is 1. The average Bonchev–Trinajstić information content (AvgIpc) is 2.42. The highest BCUT2D eigenvalue weighted by Gasteiger charge is 2.23. The van der Waals surface area contributed by atoms with Gasteiger partial charge in [-0.2, -0.15) is 0 Å². The fourth-order valence-corrected chi connectivity index (χ4v) is 2.52. The van der Waals surface area contributed by atoms with Gasteiger partial charge in [-0.15, -0.1) is 0 Å². The topological polar surface area (TPSA) is 41.9 Å². The molecule has 0 saturated carbocycles. The molecule has 0 aliphatic heterocycles. The maximum absolute atomic E-state index is 10.1. The first-order valence-electron chi connectivity index (χ1n) is 7.04. The smallest absolute Gasteiger partial charge is 0.120 e. The summed E-state index contributed by atoms with van der Waals surface area (Å²) < 4.78 is 10.5. The Balaban J connectivity index is 2.95. The van der Waals surface area contributed by atoms with Gasteiger partial charge >= 0.3 is 0 Å². The second kappa shape index (κ2) is 8.25. The molecule has 0 aliphatic carbocycles. The molecule has 1 aromatic rings. The summed E-state index contributed by atoms with van der Waals surface area (Å²) in [4.78, 5) is 2.29. The lowest BCUT2D eigenvalue weighted by molar-refractivity contribution is 0.0508. The van der Waals surface area contributed by atoms with E-state index in [1.807, 2.05) is 19.1 Å². The maximum atomic E-state index is 10.1. The minimum absolute atomic E-state index is 0.107. The summed E-state index contributed by atoms with van der Waals surface area (Å²) in [5, 5.41) is 10.1. The van der Waals surface area contributed by atoms with E-state index < -0.39 is 0 Å². The van der Waals surface area contributed by atoms with Crippen molar-refractivity contribution in [2.75, 3.05) is 34.0 Å². The fourth-order valence-electron chi connectivity index (χ4n) is 2.52. The largest absolute Gasteiger partial charge is 0.508 e. The van der Waals surface area contributed by atoms with Crippen LogP contribution in [0.25, 0.3) is 0 Å². The number of aromatic hydroxyl groups is 1. The van der Waals surface area contributed by atoms with Gasteiger partial charge in [-0.1, -0.05) is 17.7 Å². The molecular formula is C16H27NO3. The van der Waals surface area contributed by atoms with Crippen molar-refractivity contribution in [3.63, 3.8) is 0 Å². The van der Waals surface area contributed by atoms with E-state index in [0.717, 1.165) is 17.7 Å². The molecular weight excluding hydrogens is 254 g/mol. The Morgan fingerprint density at radius 1 is 1.20 bits per heavy atom. The van der Waals surface area contributed by atoms with Gasteiger partial charge in [-0.25, -0.2) is 0 Å². The molecule has 2 unspecified atom stereocenters. The molecule has 4 nitrogen and oxygen atoms in total. The van der Waals surface area contributed by atoms with Crippen LogP contribution in [-0.2, 0) is 9.47 Å². The van der Waals surface area contributed by atoms with Gasteiger partial charge in [0, 0.05) is 38.4 Å². The average molecular weight is 281 g/mol. The lowest BCUT2D eigenvalue weighted by Gasteiger charge is -2.34. The van der Waals surface area contributed by atoms with Gasteiger partial charge in [-0.3, -0.25) is 4.90 Å². The Kier molecular flexibility index (Phi) is 6.99. The lowest BCUT2D eigenvalue weighted by Crippen LogP contribution is -2.40. The highest BCUT2D eigenvalue weighted by Crippen LogP contribution is 2.30. The zero-order valence-electron chi connectivity index (χ0n) is 13.2. The predicted molar refractivity (Wildman–Crippen MR) is 81.2 cm³/mol. The Labute approximate surface area is 122 Å². The van der Waals surface area contributed by atoms with E-state index in [-0.39, 0.29) is 12.1 Å². The molecule has 1 rings (SSSR count). The number of phenolic OH excluding ortho intramolecular Hbond substituents is 1. The van der Waals surface area contributed by atoms with E-state index in [9.17, 15) is 5.11 Å². The van der Waals surface area contributed by atoms with Crippen molar-refractivity contribution in [3.05, 3.63) is 29.3 Å². The summed E-state index contributed by atoms with van der Waals surface area (Å²) in [7, 11) is 3.41. The van der Waals surface area contributed by atoms with E-state index in [0.29, 0.717) is 19.0 Å². The maximum Gasteiger partial charge on any atom is 0.120 e. The van der Waals surface area contributed by atoms with Crippen LogP contribution in [0, 0.1) is 6.92 Å². The van der Waals surface area contributed by atoms with Crippen molar-refractivity contribution in [1.82, 2.24) is 4.90 Å². The Bertz CT molecular complexity index is 409. The molecule has 0 aliphatic rings. The molecule has 114 valence electrons. The summed E-state index contributed by atoms with van der Waals surface area (Å²) in [6, 6.07) is 6.08. The van der Waals surface area contributed by atoms with Crippen molar-refractivity contribution in [1.29, 1.82) is 0 Å². The monoisotopic (exact) mass is 281 g/mol. The highest BCUT2D eigenvalue weighted by atomic mass is 16.5. The molecule has 0 heterocycles. The van der Waals surface area contributed by atoms with Gasteiger partial charge in [0.25, 0.3) is 0 Å². The first kappa shape index (κ1) is 17.0. The third-order valence-electron chi connectivity index (χ3n) is 3.66. The summed E-state index contributed by atoms with van der Waals surface area (Å²) in [6.45, 7) is 8.38. The number of aryl methyl sites for hydroxylation is 1. The normalized spacial score (nSPS) is 14.5. The fraction of sp³-hybridized carbons (Fsp3) is 0.625. The molecule has 0 fully saturated rings. The molecule has 0 bridgehead atoms. The molecule has 2 atom stereocenters. The minimum Gasteiger partial charge on any atom is -0.508 e. The number of hydrogen-bond donors (Lipinski definition) is 1. The Morgan fingerprint density at radius 3 is 2.50 bits per heavy atom. The molecule has 4 heteroatoms. The molecule has 0 spiro atoms. The number of ether oxygens (including phenoxy) is 2. The Morgan fingerprint density at radius 2 is 1.90 bits per heavy atom. The molecule has 0 saturated heterocycles. The quantitative estimate of drug-likeness (QED) is 0.795. The van der Waals surface area contributed by atoms with Crippen molar-refractivity contribution in [2.24, 2.45) is 0 Å². The van der Waals surface area contributed by atoms with E-state index in [1.54, 1.807) is 20.3 Å². The predicted octanol–water partition coefficient (Wildman–Crippen LogP) is 2.74. The molecule has 1 N–H and O–H groups in total. The van der Waals surface area contributed by atoms with Gasteiger partial charge in [0.2, 0.25) is 0 Å². The number of methoxy groups -OCH3 is 2. The number of nitrogens with zero attached hydrogens (tertiary/aromatic N) is 1. The van der Waals surface area contributed by atoms with Crippen LogP contribution in [0.15, 0.2) is 18.2 Å². The number of hydrogen-bond acceptors (Lipinski definition) is 4. The van der Waals surface area contributed by atoms with Crippen LogP contribution in [0.2, 0.25) is 0 Å². The number of phenols is 1. The van der Waals surface area contributed by atoms with Crippen LogP contribution < -0.4 is 0 Å². The van der Waals surface area contributed by atoms with Crippen molar-refractivity contribution >= 4 is 0 Å². The molecule has 0 amide bonds. The zero-order valence-corrected chi connectivity index (χ0v) is 13.2. The third-order valence-corrected chi connectivity index (χ3v) is 3.66. The third kappa shape index (κ3) is 4.47. The lowest BCUT2D eigenvalue weighted by atomic mass is 10.0. The van der Waals surface area contributed by atoms with Crippen molar-refractivity contribution < 1.29 is 14.6 Å². The van der Waals surface area contributed by atoms with Crippen LogP contribution in [0.1, 0.15) is 31.0 Å². The van der Waals surface area contributed by atoms with E-state index in [2.05, 4.69) is 18.7 Å². The first-order chi connectivity index (χ1) is 9.51. The van der Waals surface area contributed by atoms with Gasteiger partial charge in [0.15, 0.2) is 0 Å². The standard InChI is InChI=1S/C16H27NO3/c1-12-6-7-16(18)15(10-12)14(3)17(8-9-19-4)13(2)11-20-5/h6-7,10,13-14,18H,8-9,11H2,1-5H3.